The van der Waals surface area contributed by atoms with Crippen molar-refractivity contribution in [1.82, 2.24) is 0 Å². The summed E-state index contributed by atoms with van der Waals surface area (Å²) >= 11 is 0. The molecular weight excluding hydrogens is 254 g/mol. The summed E-state index contributed by atoms with van der Waals surface area (Å²) in [7, 11) is 0. The molecule has 0 spiro atoms. The van der Waals surface area contributed by atoms with Crippen LogP contribution in [0.2, 0.25) is 0 Å². The van der Waals surface area contributed by atoms with E-state index in [9.17, 15) is 0 Å². The number of hydrogen-bond acceptors (Lipinski definition) is 1. The molecule has 0 saturated heterocycles. The standard InChI is InChI=1S/C20H25N/c1-15-10-11-17-18(14-15)19(2,3)12-13-20(17,4)21-16-8-6-5-7-9-16/h5-11,14,21H,12-13H2,1-4H3. The van der Waals surface area contributed by atoms with Crippen LogP contribution in [0, 0.1) is 6.92 Å². The number of anilines is 1. The van der Waals surface area contributed by atoms with E-state index in [0.29, 0.717) is 0 Å². The van der Waals surface area contributed by atoms with Gasteiger partial charge in [-0.15, -0.1) is 0 Å². The highest BCUT2D eigenvalue weighted by Crippen LogP contribution is 2.46. The van der Waals surface area contributed by atoms with Crippen molar-refractivity contribution in [3.8, 4) is 0 Å². The van der Waals surface area contributed by atoms with Gasteiger partial charge in [0.05, 0.1) is 5.54 Å². The molecule has 0 aliphatic heterocycles. The Hall–Kier alpha value is -1.76. The SMILES string of the molecule is Cc1ccc2c(c1)C(C)(C)CCC2(C)Nc1ccccc1. The van der Waals surface area contributed by atoms with Crippen LogP contribution in [0.4, 0.5) is 5.69 Å². The van der Waals surface area contributed by atoms with E-state index < -0.39 is 0 Å². The van der Waals surface area contributed by atoms with Crippen LogP contribution in [-0.2, 0) is 11.0 Å². The van der Waals surface area contributed by atoms with Crippen molar-refractivity contribution in [2.75, 3.05) is 5.32 Å². The summed E-state index contributed by atoms with van der Waals surface area (Å²) in [5.41, 5.74) is 5.78. The average molecular weight is 279 g/mol. The van der Waals surface area contributed by atoms with Gasteiger partial charge in [-0.05, 0) is 55.4 Å². The summed E-state index contributed by atoms with van der Waals surface area (Å²) in [6.45, 7) is 9.26. The lowest BCUT2D eigenvalue weighted by atomic mass is 9.65. The molecule has 0 bridgehead atoms. The van der Waals surface area contributed by atoms with Gasteiger partial charge >= 0.3 is 0 Å². The molecule has 2 aromatic rings. The second kappa shape index (κ2) is 4.91. The normalized spacial score (nSPS) is 23.4. The molecule has 0 saturated carbocycles. The van der Waals surface area contributed by atoms with Crippen LogP contribution in [0.3, 0.4) is 0 Å². The molecule has 1 aliphatic rings. The van der Waals surface area contributed by atoms with E-state index in [1.165, 1.54) is 28.8 Å². The summed E-state index contributed by atoms with van der Waals surface area (Å²) in [5.74, 6) is 0. The third-order valence-electron chi connectivity index (χ3n) is 4.94. The van der Waals surface area contributed by atoms with Gasteiger partial charge in [-0.3, -0.25) is 0 Å². The number of para-hydroxylation sites is 1. The van der Waals surface area contributed by atoms with E-state index in [2.05, 4.69) is 81.5 Å². The van der Waals surface area contributed by atoms with Gasteiger partial charge < -0.3 is 5.32 Å². The van der Waals surface area contributed by atoms with Crippen LogP contribution >= 0.6 is 0 Å². The second-order valence-electron chi connectivity index (χ2n) is 7.26. The van der Waals surface area contributed by atoms with Crippen LogP contribution in [0.25, 0.3) is 0 Å². The zero-order chi connectivity index (χ0) is 15.1. The Labute approximate surface area is 128 Å². The Morgan fingerprint density at radius 2 is 1.57 bits per heavy atom. The first-order valence-electron chi connectivity index (χ1n) is 7.86. The van der Waals surface area contributed by atoms with Crippen LogP contribution < -0.4 is 5.32 Å². The number of hydrogen-bond donors (Lipinski definition) is 1. The van der Waals surface area contributed by atoms with Gasteiger partial charge in [0, 0.05) is 5.69 Å². The Morgan fingerprint density at radius 3 is 2.29 bits per heavy atom. The maximum Gasteiger partial charge on any atom is 0.0600 e. The molecule has 1 atom stereocenters. The fraction of sp³-hybridized carbons (Fsp3) is 0.400. The summed E-state index contributed by atoms with van der Waals surface area (Å²) < 4.78 is 0. The Kier molecular flexibility index (Phi) is 3.32. The summed E-state index contributed by atoms with van der Waals surface area (Å²) in [6, 6.07) is 17.5. The lowest BCUT2D eigenvalue weighted by Gasteiger charge is -2.44. The van der Waals surface area contributed by atoms with Gasteiger partial charge in [0.1, 0.15) is 0 Å². The molecular formula is C20H25N. The molecule has 0 radical (unpaired) electrons. The van der Waals surface area contributed by atoms with E-state index in [0.717, 1.165) is 6.42 Å². The second-order valence-corrected chi connectivity index (χ2v) is 7.26. The van der Waals surface area contributed by atoms with Gasteiger partial charge in [-0.25, -0.2) is 0 Å². The quantitative estimate of drug-likeness (QED) is 0.776. The van der Waals surface area contributed by atoms with Gasteiger partial charge in [0.15, 0.2) is 0 Å². The maximum atomic E-state index is 3.77. The predicted octanol–water partition coefficient (Wildman–Crippen LogP) is 5.39. The van der Waals surface area contributed by atoms with Crippen LogP contribution in [-0.4, -0.2) is 0 Å². The minimum absolute atomic E-state index is 0.0138. The van der Waals surface area contributed by atoms with Crippen molar-refractivity contribution in [1.29, 1.82) is 0 Å². The van der Waals surface area contributed by atoms with Crippen molar-refractivity contribution in [3.05, 3.63) is 65.2 Å². The Morgan fingerprint density at radius 1 is 0.857 bits per heavy atom. The van der Waals surface area contributed by atoms with Crippen LogP contribution in [0.5, 0.6) is 0 Å². The Bertz CT molecular complexity index is 642. The van der Waals surface area contributed by atoms with E-state index >= 15 is 0 Å². The number of nitrogens with one attached hydrogen (secondary N) is 1. The predicted molar refractivity (Wildman–Crippen MR) is 90.9 cm³/mol. The topological polar surface area (TPSA) is 12.0 Å². The maximum absolute atomic E-state index is 3.77. The first kappa shape index (κ1) is 14.2. The zero-order valence-electron chi connectivity index (χ0n) is 13.5. The van der Waals surface area contributed by atoms with Crippen LogP contribution in [0.1, 0.15) is 50.3 Å². The lowest BCUT2D eigenvalue weighted by Crippen LogP contribution is -2.41. The number of rotatable bonds is 2. The number of fused-ring (bicyclic) bond motifs is 1. The molecule has 0 heterocycles. The molecule has 1 N–H and O–H groups in total. The average Bonchev–Trinajstić information content (AvgIpc) is 2.45. The van der Waals surface area contributed by atoms with Crippen molar-refractivity contribution >= 4 is 5.69 Å². The van der Waals surface area contributed by atoms with Gasteiger partial charge in [-0.2, -0.15) is 0 Å². The summed E-state index contributed by atoms with van der Waals surface area (Å²) in [6.07, 6.45) is 2.37. The molecule has 1 unspecified atom stereocenters. The largest absolute Gasteiger partial charge is 0.376 e. The fourth-order valence-corrected chi connectivity index (χ4v) is 3.50. The van der Waals surface area contributed by atoms with Crippen molar-refractivity contribution in [2.45, 2.75) is 51.5 Å². The molecule has 1 heteroatoms. The lowest BCUT2D eigenvalue weighted by molar-refractivity contribution is 0.339. The fourth-order valence-electron chi connectivity index (χ4n) is 3.50. The molecule has 1 nitrogen and oxygen atoms in total. The highest BCUT2D eigenvalue weighted by molar-refractivity contribution is 5.52. The molecule has 0 aromatic heterocycles. The molecule has 0 amide bonds. The van der Waals surface area contributed by atoms with Gasteiger partial charge in [-0.1, -0.05) is 55.8 Å². The van der Waals surface area contributed by atoms with Crippen molar-refractivity contribution in [2.24, 2.45) is 0 Å². The molecule has 2 aromatic carbocycles. The molecule has 110 valence electrons. The number of benzene rings is 2. The van der Waals surface area contributed by atoms with Crippen molar-refractivity contribution < 1.29 is 0 Å². The van der Waals surface area contributed by atoms with Gasteiger partial charge in [0.25, 0.3) is 0 Å². The molecule has 3 rings (SSSR count). The minimum atomic E-state index is 0.0138. The van der Waals surface area contributed by atoms with Crippen molar-refractivity contribution in [3.63, 3.8) is 0 Å². The third-order valence-corrected chi connectivity index (χ3v) is 4.94. The summed E-state index contributed by atoms with van der Waals surface area (Å²) in [4.78, 5) is 0. The Balaban J connectivity index is 2.05. The van der Waals surface area contributed by atoms with E-state index in [1.54, 1.807) is 0 Å². The molecule has 0 fully saturated rings. The summed E-state index contributed by atoms with van der Waals surface area (Å²) in [5, 5.41) is 3.77. The first-order chi connectivity index (χ1) is 9.91. The van der Waals surface area contributed by atoms with E-state index in [-0.39, 0.29) is 11.0 Å². The van der Waals surface area contributed by atoms with E-state index in [1.807, 2.05) is 0 Å². The smallest absolute Gasteiger partial charge is 0.0600 e. The molecule has 21 heavy (non-hydrogen) atoms. The number of aryl methyl sites for hydroxylation is 1. The monoisotopic (exact) mass is 279 g/mol. The highest BCUT2D eigenvalue weighted by Gasteiger charge is 2.39. The minimum Gasteiger partial charge on any atom is -0.376 e. The highest BCUT2D eigenvalue weighted by atomic mass is 15.0. The molecule has 1 aliphatic carbocycles. The first-order valence-corrected chi connectivity index (χ1v) is 7.86. The third kappa shape index (κ3) is 2.57. The van der Waals surface area contributed by atoms with Gasteiger partial charge in [0.2, 0.25) is 0 Å². The zero-order valence-corrected chi connectivity index (χ0v) is 13.5. The van der Waals surface area contributed by atoms with Crippen LogP contribution in [0.15, 0.2) is 48.5 Å². The van der Waals surface area contributed by atoms with E-state index in [4.69, 9.17) is 0 Å².